The Kier molecular flexibility index (Phi) is 2.91. The Morgan fingerprint density at radius 3 is 2.60 bits per heavy atom. The fourth-order valence-corrected chi connectivity index (χ4v) is 3.38. The van der Waals surface area contributed by atoms with Crippen LogP contribution in [-0.2, 0) is 0 Å². The van der Waals surface area contributed by atoms with E-state index in [0.717, 1.165) is 16.6 Å². The minimum atomic E-state index is 0.601. The molecule has 0 spiro atoms. The summed E-state index contributed by atoms with van der Waals surface area (Å²) in [4.78, 5) is 12.9. The molecule has 0 unspecified atom stereocenters. The van der Waals surface area contributed by atoms with Crippen LogP contribution in [0.3, 0.4) is 0 Å². The van der Waals surface area contributed by atoms with E-state index in [1.807, 2.05) is 12.3 Å². The Hall–Kier alpha value is -1.90. The van der Waals surface area contributed by atoms with Crippen LogP contribution < -0.4 is 0 Å². The van der Waals surface area contributed by atoms with Crippen molar-refractivity contribution in [2.45, 2.75) is 44.4 Å². The Bertz CT molecular complexity index is 736. The summed E-state index contributed by atoms with van der Waals surface area (Å²) in [6.07, 6.45) is 9.86. The van der Waals surface area contributed by atoms with Gasteiger partial charge in [0.05, 0.1) is 17.2 Å². The van der Waals surface area contributed by atoms with Gasteiger partial charge >= 0.3 is 0 Å². The summed E-state index contributed by atoms with van der Waals surface area (Å²) in [6, 6.07) is 8.28. The summed E-state index contributed by atoms with van der Waals surface area (Å²) >= 11 is 0. The smallest absolute Gasteiger partial charge is 0.110 e. The lowest BCUT2D eigenvalue weighted by molar-refractivity contribution is 0.567. The largest absolute Gasteiger partial charge is 0.341 e. The number of benzene rings is 1. The molecule has 0 amide bonds. The number of H-pyrrole nitrogens is 1. The maximum absolute atomic E-state index is 4.81. The minimum Gasteiger partial charge on any atom is -0.341 e. The summed E-state index contributed by atoms with van der Waals surface area (Å²) in [5.74, 6) is 1.77. The summed E-state index contributed by atoms with van der Waals surface area (Å²) in [5.41, 5.74) is 3.19. The fraction of sp³-hybridized carbons (Fsp3) is 0.412. The molecule has 0 aliphatic heterocycles. The van der Waals surface area contributed by atoms with Crippen LogP contribution in [0.25, 0.3) is 21.9 Å². The Morgan fingerprint density at radius 2 is 1.75 bits per heavy atom. The molecule has 3 nitrogen and oxygen atoms in total. The average molecular weight is 265 g/mol. The molecule has 1 aromatic carbocycles. The Balaban J connectivity index is 1.83. The lowest BCUT2D eigenvalue weighted by atomic mass is 10.00. The van der Waals surface area contributed by atoms with Crippen LogP contribution >= 0.6 is 0 Å². The van der Waals surface area contributed by atoms with Gasteiger partial charge < -0.3 is 4.98 Å². The van der Waals surface area contributed by atoms with Gasteiger partial charge in [0.1, 0.15) is 11.3 Å². The molecule has 1 aliphatic rings. The second-order valence-corrected chi connectivity index (χ2v) is 5.85. The van der Waals surface area contributed by atoms with Crippen LogP contribution in [0.5, 0.6) is 0 Å². The number of nitrogens with zero attached hydrogens (tertiary/aromatic N) is 2. The van der Waals surface area contributed by atoms with E-state index in [1.165, 1.54) is 49.7 Å². The zero-order chi connectivity index (χ0) is 13.4. The molecule has 0 saturated heterocycles. The van der Waals surface area contributed by atoms with Crippen molar-refractivity contribution in [2.75, 3.05) is 0 Å². The second kappa shape index (κ2) is 4.89. The highest BCUT2D eigenvalue weighted by atomic mass is 14.9. The first-order valence-electron chi connectivity index (χ1n) is 7.65. The highest BCUT2D eigenvalue weighted by Crippen LogP contribution is 2.32. The van der Waals surface area contributed by atoms with E-state index < -0.39 is 0 Å². The first-order valence-corrected chi connectivity index (χ1v) is 7.65. The topological polar surface area (TPSA) is 41.6 Å². The van der Waals surface area contributed by atoms with Crippen molar-refractivity contribution in [3.8, 4) is 0 Å². The summed E-state index contributed by atoms with van der Waals surface area (Å²) in [5, 5.41) is 1.18. The van der Waals surface area contributed by atoms with Gasteiger partial charge in [0.25, 0.3) is 0 Å². The van der Waals surface area contributed by atoms with Gasteiger partial charge in [0.15, 0.2) is 0 Å². The van der Waals surface area contributed by atoms with E-state index in [9.17, 15) is 0 Å². The molecule has 2 heterocycles. The molecule has 4 rings (SSSR count). The fourth-order valence-electron chi connectivity index (χ4n) is 3.38. The SMILES string of the molecule is c1ccc2c(c1)ncc1nc(C3CCCCCC3)[nH]c12. The van der Waals surface area contributed by atoms with Gasteiger partial charge in [-0.3, -0.25) is 4.98 Å². The molecule has 3 aromatic rings. The van der Waals surface area contributed by atoms with Crippen LogP contribution in [0, 0.1) is 0 Å². The van der Waals surface area contributed by atoms with Gasteiger partial charge in [0, 0.05) is 11.3 Å². The zero-order valence-electron chi connectivity index (χ0n) is 11.6. The van der Waals surface area contributed by atoms with E-state index in [0.29, 0.717) is 5.92 Å². The Labute approximate surface area is 118 Å². The van der Waals surface area contributed by atoms with Crippen molar-refractivity contribution in [3.05, 3.63) is 36.3 Å². The monoisotopic (exact) mass is 265 g/mol. The lowest BCUT2D eigenvalue weighted by Crippen LogP contribution is -1.99. The molecule has 2 aromatic heterocycles. The number of para-hydroxylation sites is 1. The van der Waals surface area contributed by atoms with Gasteiger partial charge in [0.2, 0.25) is 0 Å². The lowest BCUT2D eigenvalue weighted by Gasteiger charge is -2.09. The molecule has 3 heteroatoms. The zero-order valence-corrected chi connectivity index (χ0v) is 11.6. The molecule has 1 saturated carbocycles. The van der Waals surface area contributed by atoms with Crippen LogP contribution in [0.1, 0.15) is 50.3 Å². The van der Waals surface area contributed by atoms with Crippen LogP contribution in [0.15, 0.2) is 30.5 Å². The van der Waals surface area contributed by atoms with Crippen molar-refractivity contribution in [1.29, 1.82) is 0 Å². The highest BCUT2D eigenvalue weighted by Gasteiger charge is 2.18. The first-order chi connectivity index (χ1) is 9.92. The van der Waals surface area contributed by atoms with Crippen molar-refractivity contribution in [3.63, 3.8) is 0 Å². The second-order valence-electron chi connectivity index (χ2n) is 5.85. The van der Waals surface area contributed by atoms with Crippen molar-refractivity contribution >= 4 is 21.9 Å². The number of hydrogen-bond donors (Lipinski definition) is 1. The number of imidazole rings is 1. The van der Waals surface area contributed by atoms with Gasteiger partial charge in [-0.25, -0.2) is 4.98 Å². The number of hydrogen-bond acceptors (Lipinski definition) is 2. The van der Waals surface area contributed by atoms with Gasteiger partial charge in [-0.15, -0.1) is 0 Å². The maximum atomic E-state index is 4.81. The molecular weight excluding hydrogens is 246 g/mol. The van der Waals surface area contributed by atoms with Crippen molar-refractivity contribution in [1.82, 2.24) is 15.0 Å². The predicted octanol–water partition coefficient (Wildman–Crippen LogP) is 4.55. The van der Waals surface area contributed by atoms with E-state index in [-0.39, 0.29) is 0 Å². The minimum absolute atomic E-state index is 0.601. The molecule has 102 valence electrons. The van der Waals surface area contributed by atoms with Gasteiger partial charge in [-0.05, 0) is 18.9 Å². The standard InChI is InChI=1S/C17H19N3/c1-2-4-8-12(7-3-1)17-19-15-11-18-14-10-6-5-9-13(14)16(15)20-17/h5-6,9-12H,1-4,7-8H2,(H,19,20). The number of nitrogens with one attached hydrogen (secondary N) is 1. The molecule has 1 N–H and O–H groups in total. The molecule has 0 radical (unpaired) electrons. The maximum Gasteiger partial charge on any atom is 0.110 e. The van der Waals surface area contributed by atoms with E-state index >= 15 is 0 Å². The van der Waals surface area contributed by atoms with Gasteiger partial charge in [-0.1, -0.05) is 43.9 Å². The average Bonchev–Trinajstić information content (AvgIpc) is 2.74. The molecule has 1 fully saturated rings. The third kappa shape index (κ3) is 1.98. The van der Waals surface area contributed by atoms with Crippen molar-refractivity contribution < 1.29 is 0 Å². The molecule has 0 atom stereocenters. The van der Waals surface area contributed by atoms with E-state index in [2.05, 4.69) is 28.2 Å². The predicted molar refractivity (Wildman–Crippen MR) is 81.8 cm³/mol. The first kappa shape index (κ1) is 11.9. The van der Waals surface area contributed by atoms with Crippen molar-refractivity contribution in [2.24, 2.45) is 0 Å². The number of aromatic nitrogens is 3. The molecule has 20 heavy (non-hydrogen) atoms. The van der Waals surface area contributed by atoms with Gasteiger partial charge in [-0.2, -0.15) is 0 Å². The van der Waals surface area contributed by atoms with Crippen LogP contribution in [0.4, 0.5) is 0 Å². The number of fused-ring (bicyclic) bond motifs is 3. The highest BCUT2D eigenvalue weighted by molar-refractivity contribution is 6.01. The normalized spacial score (nSPS) is 17.6. The summed E-state index contributed by atoms with van der Waals surface area (Å²) in [7, 11) is 0. The third-order valence-corrected chi connectivity index (χ3v) is 4.49. The Morgan fingerprint density at radius 1 is 0.950 bits per heavy atom. The third-order valence-electron chi connectivity index (χ3n) is 4.49. The van der Waals surface area contributed by atoms with Crippen LogP contribution in [-0.4, -0.2) is 15.0 Å². The molecule has 0 bridgehead atoms. The van der Waals surface area contributed by atoms with E-state index in [4.69, 9.17) is 4.98 Å². The number of aromatic amines is 1. The number of rotatable bonds is 1. The summed E-state index contributed by atoms with van der Waals surface area (Å²) in [6.45, 7) is 0. The summed E-state index contributed by atoms with van der Waals surface area (Å²) < 4.78 is 0. The van der Waals surface area contributed by atoms with Crippen LogP contribution in [0.2, 0.25) is 0 Å². The van der Waals surface area contributed by atoms with E-state index in [1.54, 1.807) is 0 Å². The quantitative estimate of drug-likeness (QED) is 0.656. The number of pyridine rings is 1. The molecule has 1 aliphatic carbocycles. The molecular formula is C17H19N3.